The maximum absolute atomic E-state index is 12.1. The lowest BCUT2D eigenvalue weighted by molar-refractivity contribution is -0.116. The van der Waals surface area contributed by atoms with E-state index in [4.69, 9.17) is 0 Å². The highest BCUT2D eigenvalue weighted by Gasteiger charge is 2.15. The van der Waals surface area contributed by atoms with Crippen LogP contribution in [0.25, 0.3) is 0 Å². The number of amides is 1. The zero-order valence-electron chi connectivity index (χ0n) is 13.0. The van der Waals surface area contributed by atoms with E-state index in [1.807, 2.05) is 7.05 Å². The molecule has 2 heterocycles. The predicted molar refractivity (Wildman–Crippen MR) is 87.9 cm³/mol. The standard InChI is InChI=1S/C16H23N3OS/c1-4-13-14(5-2)18-19(3)16(13)17-15(20)10-6-8-12-9-7-11-21-12/h7,9,11H,4-6,8,10H2,1-3H3,(H,17,20). The number of hydrogen-bond acceptors (Lipinski definition) is 3. The lowest BCUT2D eigenvalue weighted by Crippen LogP contribution is -2.15. The highest BCUT2D eigenvalue weighted by atomic mass is 32.1. The van der Waals surface area contributed by atoms with Gasteiger partial charge in [0.15, 0.2) is 0 Å². The average molecular weight is 305 g/mol. The van der Waals surface area contributed by atoms with Crippen molar-refractivity contribution >= 4 is 23.1 Å². The van der Waals surface area contributed by atoms with Crippen molar-refractivity contribution in [1.82, 2.24) is 9.78 Å². The fourth-order valence-corrected chi connectivity index (χ4v) is 3.26. The molecule has 0 aromatic carbocycles. The van der Waals surface area contributed by atoms with Crippen LogP contribution in [0.2, 0.25) is 0 Å². The summed E-state index contributed by atoms with van der Waals surface area (Å²) in [6.07, 6.45) is 4.18. The fraction of sp³-hybridized carbons (Fsp3) is 0.500. The molecule has 0 spiro atoms. The summed E-state index contributed by atoms with van der Waals surface area (Å²) in [5.41, 5.74) is 2.24. The number of thiophene rings is 1. The third kappa shape index (κ3) is 3.94. The minimum absolute atomic E-state index is 0.0758. The summed E-state index contributed by atoms with van der Waals surface area (Å²) in [6, 6.07) is 4.17. The van der Waals surface area contributed by atoms with E-state index in [1.54, 1.807) is 16.0 Å². The molecule has 114 valence electrons. The molecule has 21 heavy (non-hydrogen) atoms. The number of carbonyl (C=O) groups is 1. The normalized spacial score (nSPS) is 10.8. The third-order valence-corrected chi connectivity index (χ3v) is 4.52. The molecule has 4 nitrogen and oxygen atoms in total. The van der Waals surface area contributed by atoms with Gasteiger partial charge in [-0.05, 0) is 37.1 Å². The molecule has 0 fully saturated rings. The van der Waals surface area contributed by atoms with Crippen LogP contribution < -0.4 is 5.32 Å². The van der Waals surface area contributed by atoms with Gasteiger partial charge in [-0.15, -0.1) is 11.3 Å². The first-order chi connectivity index (χ1) is 10.2. The van der Waals surface area contributed by atoms with Crippen LogP contribution >= 0.6 is 11.3 Å². The first-order valence-corrected chi connectivity index (χ1v) is 8.40. The second-order valence-electron chi connectivity index (χ2n) is 5.09. The van der Waals surface area contributed by atoms with Crippen LogP contribution in [0, 0.1) is 0 Å². The van der Waals surface area contributed by atoms with Crippen LogP contribution in [-0.2, 0) is 31.1 Å². The Morgan fingerprint density at radius 1 is 1.38 bits per heavy atom. The average Bonchev–Trinajstić information content (AvgIpc) is 3.07. The molecule has 0 radical (unpaired) electrons. The molecule has 0 unspecified atom stereocenters. The molecule has 0 saturated heterocycles. The smallest absolute Gasteiger partial charge is 0.225 e. The Morgan fingerprint density at radius 2 is 2.19 bits per heavy atom. The SMILES string of the molecule is CCc1nn(C)c(NC(=O)CCCc2cccs2)c1CC. The topological polar surface area (TPSA) is 46.9 Å². The lowest BCUT2D eigenvalue weighted by atomic mass is 10.1. The van der Waals surface area contributed by atoms with Crippen LogP contribution in [0.1, 0.15) is 42.8 Å². The Balaban J connectivity index is 1.91. The molecule has 0 aliphatic carbocycles. The second-order valence-corrected chi connectivity index (χ2v) is 6.12. The highest BCUT2D eigenvalue weighted by molar-refractivity contribution is 7.09. The fourth-order valence-electron chi connectivity index (χ4n) is 2.51. The third-order valence-electron chi connectivity index (χ3n) is 3.58. The molecule has 2 rings (SSSR count). The van der Waals surface area contributed by atoms with Gasteiger partial charge in [-0.25, -0.2) is 0 Å². The molecule has 1 N–H and O–H groups in total. The van der Waals surface area contributed by atoms with Gasteiger partial charge < -0.3 is 5.32 Å². The summed E-state index contributed by atoms with van der Waals surface area (Å²) in [5, 5.41) is 9.58. The van der Waals surface area contributed by atoms with Crippen molar-refractivity contribution in [2.45, 2.75) is 46.0 Å². The van der Waals surface area contributed by atoms with Crippen LogP contribution in [0.15, 0.2) is 17.5 Å². The van der Waals surface area contributed by atoms with E-state index in [-0.39, 0.29) is 5.91 Å². The predicted octanol–water partition coefficient (Wildman–Crippen LogP) is 3.57. The zero-order chi connectivity index (χ0) is 15.2. The number of rotatable bonds is 7. The Morgan fingerprint density at radius 3 is 2.81 bits per heavy atom. The van der Waals surface area contributed by atoms with Crippen molar-refractivity contribution < 1.29 is 4.79 Å². The first-order valence-electron chi connectivity index (χ1n) is 7.52. The van der Waals surface area contributed by atoms with Crippen molar-refractivity contribution in [1.29, 1.82) is 0 Å². The van der Waals surface area contributed by atoms with Crippen LogP contribution in [-0.4, -0.2) is 15.7 Å². The molecular formula is C16H23N3OS. The van der Waals surface area contributed by atoms with Crippen molar-refractivity contribution in [2.24, 2.45) is 7.05 Å². The highest BCUT2D eigenvalue weighted by Crippen LogP contribution is 2.21. The van der Waals surface area contributed by atoms with Gasteiger partial charge >= 0.3 is 0 Å². The number of anilines is 1. The molecule has 0 aliphatic heterocycles. The van der Waals surface area contributed by atoms with Crippen LogP contribution in [0.4, 0.5) is 5.82 Å². The molecule has 0 bridgehead atoms. The summed E-state index contributed by atoms with van der Waals surface area (Å²) in [4.78, 5) is 13.4. The van der Waals surface area contributed by atoms with Gasteiger partial charge in [-0.2, -0.15) is 5.10 Å². The van der Waals surface area contributed by atoms with Gasteiger partial charge in [0, 0.05) is 23.9 Å². The maximum atomic E-state index is 12.1. The minimum atomic E-state index is 0.0758. The summed E-state index contributed by atoms with van der Waals surface area (Å²) in [5.74, 6) is 0.933. The first kappa shape index (κ1) is 15.8. The second kappa shape index (κ2) is 7.41. The van der Waals surface area contributed by atoms with Gasteiger partial charge in [0.05, 0.1) is 5.69 Å². The number of nitrogens with one attached hydrogen (secondary N) is 1. The van der Waals surface area contributed by atoms with Crippen molar-refractivity contribution in [3.63, 3.8) is 0 Å². The summed E-state index contributed by atoms with van der Waals surface area (Å²) >= 11 is 1.75. The van der Waals surface area contributed by atoms with Gasteiger partial charge in [-0.1, -0.05) is 19.9 Å². The largest absolute Gasteiger partial charge is 0.311 e. The molecule has 2 aromatic rings. The summed E-state index contributed by atoms with van der Waals surface area (Å²) in [6.45, 7) is 4.19. The molecule has 2 aromatic heterocycles. The molecular weight excluding hydrogens is 282 g/mol. The Labute approximate surface area is 130 Å². The van der Waals surface area contributed by atoms with Crippen molar-refractivity contribution in [3.8, 4) is 0 Å². The van der Waals surface area contributed by atoms with E-state index in [1.165, 1.54) is 4.88 Å². The van der Waals surface area contributed by atoms with Gasteiger partial charge in [0.25, 0.3) is 0 Å². The van der Waals surface area contributed by atoms with Crippen LogP contribution in [0.5, 0.6) is 0 Å². The quantitative estimate of drug-likeness (QED) is 0.850. The van der Waals surface area contributed by atoms with E-state index in [2.05, 4.69) is 41.8 Å². The number of aromatic nitrogens is 2. The Bertz CT molecular complexity index is 587. The van der Waals surface area contributed by atoms with Crippen molar-refractivity contribution in [3.05, 3.63) is 33.6 Å². The summed E-state index contributed by atoms with van der Waals surface area (Å²) < 4.78 is 1.79. The summed E-state index contributed by atoms with van der Waals surface area (Å²) in [7, 11) is 1.89. The Kier molecular flexibility index (Phi) is 5.56. The lowest BCUT2D eigenvalue weighted by Gasteiger charge is -2.07. The molecule has 0 aliphatic rings. The van der Waals surface area contributed by atoms with Gasteiger partial charge in [0.2, 0.25) is 5.91 Å². The zero-order valence-corrected chi connectivity index (χ0v) is 13.8. The molecule has 1 amide bonds. The molecule has 0 saturated carbocycles. The van der Waals surface area contributed by atoms with E-state index >= 15 is 0 Å². The monoisotopic (exact) mass is 305 g/mol. The number of aryl methyl sites for hydroxylation is 3. The molecule has 5 heteroatoms. The van der Waals surface area contributed by atoms with E-state index in [0.29, 0.717) is 6.42 Å². The number of carbonyl (C=O) groups excluding carboxylic acids is 1. The maximum Gasteiger partial charge on any atom is 0.225 e. The van der Waals surface area contributed by atoms with E-state index < -0.39 is 0 Å². The number of nitrogens with zero attached hydrogens (tertiary/aromatic N) is 2. The Hall–Kier alpha value is -1.62. The van der Waals surface area contributed by atoms with E-state index in [0.717, 1.165) is 42.8 Å². The minimum Gasteiger partial charge on any atom is -0.311 e. The van der Waals surface area contributed by atoms with E-state index in [9.17, 15) is 4.79 Å². The van der Waals surface area contributed by atoms with Crippen molar-refractivity contribution in [2.75, 3.05) is 5.32 Å². The van der Waals surface area contributed by atoms with Gasteiger partial charge in [0.1, 0.15) is 5.82 Å². The van der Waals surface area contributed by atoms with Gasteiger partial charge in [-0.3, -0.25) is 9.48 Å². The van der Waals surface area contributed by atoms with Crippen LogP contribution in [0.3, 0.4) is 0 Å². The number of hydrogen-bond donors (Lipinski definition) is 1. The molecule has 0 atom stereocenters.